The van der Waals surface area contributed by atoms with E-state index in [0.717, 1.165) is 25.9 Å². The zero-order chi connectivity index (χ0) is 16.0. The highest BCUT2D eigenvalue weighted by Gasteiger charge is 2.39. The first-order valence-electron chi connectivity index (χ1n) is 7.23. The van der Waals surface area contributed by atoms with Gasteiger partial charge in [-0.05, 0) is 50.2 Å². The molecule has 120 valence electrons. The van der Waals surface area contributed by atoms with Crippen LogP contribution in [-0.4, -0.2) is 38.7 Å². The number of carbonyl (C=O) groups is 2. The molecule has 1 aliphatic heterocycles. The van der Waals surface area contributed by atoms with Gasteiger partial charge in [-0.25, -0.2) is 4.79 Å². The number of rotatable bonds is 5. The molecule has 0 radical (unpaired) electrons. The number of methoxy groups -OCH3 is 1. The Morgan fingerprint density at radius 1 is 1.18 bits per heavy atom. The molecule has 7 heteroatoms. The second-order valence-electron chi connectivity index (χ2n) is 5.48. The van der Waals surface area contributed by atoms with E-state index in [-0.39, 0.29) is 5.91 Å². The quantitative estimate of drug-likeness (QED) is 0.654. The topological polar surface area (TPSA) is 105 Å². The summed E-state index contributed by atoms with van der Waals surface area (Å²) in [5, 5.41) is 8.66. The molecule has 1 saturated heterocycles. The summed E-state index contributed by atoms with van der Waals surface area (Å²) in [5.74, 6) is -0.0357. The van der Waals surface area contributed by atoms with E-state index in [1.54, 1.807) is 31.4 Å². The van der Waals surface area contributed by atoms with Crippen LogP contribution >= 0.6 is 0 Å². The van der Waals surface area contributed by atoms with E-state index in [9.17, 15) is 9.59 Å². The van der Waals surface area contributed by atoms with E-state index in [4.69, 9.17) is 10.5 Å². The van der Waals surface area contributed by atoms with Gasteiger partial charge in [0.1, 0.15) is 0 Å². The number of carbonyl (C=O) groups excluding carboxylic acids is 2. The number of nitrogens with one attached hydrogen (secondary N) is 3. The summed E-state index contributed by atoms with van der Waals surface area (Å²) in [6.07, 6.45) is 1.49. The highest BCUT2D eigenvalue weighted by molar-refractivity contribution is 5.96. The predicted molar refractivity (Wildman–Crippen MR) is 84.7 cm³/mol. The lowest BCUT2D eigenvalue weighted by Gasteiger charge is -2.35. The molecule has 0 unspecified atom stereocenters. The lowest BCUT2D eigenvalue weighted by atomic mass is 9.78. The summed E-state index contributed by atoms with van der Waals surface area (Å²) in [5.41, 5.74) is 5.81. The summed E-state index contributed by atoms with van der Waals surface area (Å²) in [6.45, 7) is 2.01. The van der Waals surface area contributed by atoms with Gasteiger partial charge in [-0.2, -0.15) is 0 Å². The molecular formula is C15H22N4O3. The number of amides is 3. The van der Waals surface area contributed by atoms with Crippen molar-refractivity contribution in [3.8, 4) is 0 Å². The van der Waals surface area contributed by atoms with Crippen LogP contribution in [0.25, 0.3) is 0 Å². The molecule has 5 N–H and O–H groups in total. The van der Waals surface area contributed by atoms with Crippen LogP contribution in [0, 0.1) is 5.41 Å². The maximum absolute atomic E-state index is 12.6. The molecular weight excluding hydrogens is 284 g/mol. The van der Waals surface area contributed by atoms with Crippen molar-refractivity contribution >= 4 is 23.3 Å². The first-order valence-corrected chi connectivity index (χ1v) is 7.23. The fraction of sp³-hybridized carbons (Fsp3) is 0.467. The summed E-state index contributed by atoms with van der Waals surface area (Å²) in [7, 11) is 1.61. The average Bonchev–Trinajstić information content (AvgIpc) is 2.50. The molecule has 1 aromatic carbocycles. The molecule has 2 rings (SSSR count). The van der Waals surface area contributed by atoms with Crippen LogP contribution in [0.5, 0.6) is 0 Å². The number of primary amides is 1. The maximum Gasteiger partial charge on any atom is 0.316 e. The van der Waals surface area contributed by atoms with Gasteiger partial charge in [0.25, 0.3) is 0 Å². The van der Waals surface area contributed by atoms with Crippen molar-refractivity contribution in [3.05, 3.63) is 24.3 Å². The Kier molecular flexibility index (Phi) is 5.35. The summed E-state index contributed by atoms with van der Waals surface area (Å²) >= 11 is 0. The van der Waals surface area contributed by atoms with Crippen LogP contribution in [-0.2, 0) is 9.53 Å². The van der Waals surface area contributed by atoms with Crippen molar-refractivity contribution in [2.75, 3.05) is 37.4 Å². The summed E-state index contributed by atoms with van der Waals surface area (Å²) < 4.78 is 5.26. The van der Waals surface area contributed by atoms with E-state index < -0.39 is 11.4 Å². The van der Waals surface area contributed by atoms with Gasteiger partial charge in [0.15, 0.2) is 0 Å². The van der Waals surface area contributed by atoms with Crippen molar-refractivity contribution < 1.29 is 14.3 Å². The van der Waals surface area contributed by atoms with Gasteiger partial charge in [0.2, 0.25) is 5.91 Å². The summed E-state index contributed by atoms with van der Waals surface area (Å²) in [4.78, 5) is 23.4. The molecule has 0 spiro atoms. The molecule has 1 heterocycles. The number of ether oxygens (including phenoxy) is 1. The van der Waals surface area contributed by atoms with E-state index in [1.165, 1.54) is 0 Å². The Morgan fingerprint density at radius 2 is 1.73 bits per heavy atom. The Balaban J connectivity index is 2.04. The van der Waals surface area contributed by atoms with Crippen molar-refractivity contribution in [3.63, 3.8) is 0 Å². The minimum Gasteiger partial charge on any atom is -0.384 e. The van der Waals surface area contributed by atoms with E-state index in [0.29, 0.717) is 18.0 Å². The van der Waals surface area contributed by atoms with Gasteiger partial charge in [-0.1, -0.05) is 0 Å². The van der Waals surface area contributed by atoms with Gasteiger partial charge >= 0.3 is 6.03 Å². The average molecular weight is 306 g/mol. The summed E-state index contributed by atoms with van der Waals surface area (Å²) in [6, 6.07) is 6.21. The zero-order valence-corrected chi connectivity index (χ0v) is 12.6. The SMILES string of the molecule is COCC1(C(=O)Nc2ccc(NC(N)=O)cc2)CCNCC1. The van der Waals surface area contributed by atoms with Gasteiger partial charge < -0.3 is 26.4 Å². The Labute approximate surface area is 129 Å². The second-order valence-corrected chi connectivity index (χ2v) is 5.48. The molecule has 22 heavy (non-hydrogen) atoms. The van der Waals surface area contributed by atoms with Crippen molar-refractivity contribution in [1.29, 1.82) is 0 Å². The molecule has 0 bridgehead atoms. The lowest BCUT2D eigenvalue weighted by molar-refractivity contribution is -0.130. The second kappa shape index (κ2) is 7.24. The normalized spacial score (nSPS) is 16.8. The third-order valence-corrected chi connectivity index (χ3v) is 3.87. The van der Waals surface area contributed by atoms with Crippen LogP contribution in [0.4, 0.5) is 16.2 Å². The fourth-order valence-electron chi connectivity index (χ4n) is 2.66. The van der Waals surface area contributed by atoms with Crippen LogP contribution in [0.15, 0.2) is 24.3 Å². The van der Waals surface area contributed by atoms with Crippen molar-refractivity contribution in [1.82, 2.24) is 5.32 Å². The van der Waals surface area contributed by atoms with Crippen LogP contribution in [0.1, 0.15) is 12.8 Å². The third kappa shape index (κ3) is 3.96. The Bertz CT molecular complexity index is 519. The van der Waals surface area contributed by atoms with Crippen LogP contribution in [0.2, 0.25) is 0 Å². The molecule has 0 aliphatic carbocycles. The molecule has 0 aromatic heterocycles. The number of piperidine rings is 1. The van der Waals surface area contributed by atoms with Gasteiger partial charge in [0.05, 0.1) is 12.0 Å². The monoisotopic (exact) mass is 306 g/mol. The molecule has 0 atom stereocenters. The smallest absolute Gasteiger partial charge is 0.316 e. The number of benzene rings is 1. The number of hydrogen-bond acceptors (Lipinski definition) is 4. The van der Waals surface area contributed by atoms with E-state index in [1.807, 2.05) is 0 Å². The highest BCUT2D eigenvalue weighted by atomic mass is 16.5. The Hall–Kier alpha value is -2.12. The number of urea groups is 1. The number of nitrogens with two attached hydrogens (primary N) is 1. The lowest BCUT2D eigenvalue weighted by Crippen LogP contribution is -2.47. The van der Waals surface area contributed by atoms with Crippen molar-refractivity contribution in [2.24, 2.45) is 11.1 Å². The van der Waals surface area contributed by atoms with E-state index >= 15 is 0 Å². The maximum atomic E-state index is 12.6. The minimum atomic E-state index is -0.620. The largest absolute Gasteiger partial charge is 0.384 e. The molecule has 0 saturated carbocycles. The number of hydrogen-bond donors (Lipinski definition) is 4. The number of anilines is 2. The first-order chi connectivity index (χ1) is 10.6. The molecule has 1 aliphatic rings. The first kappa shape index (κ1) is 16.3. The zero-order valence-electron chi connectivity index (χ0n) is 12.6. The molecule has 1 fully saturated rings. The highest BCUT2D eigenvalue weighted by Crippen LogP contribution is 2.31. The predicted octanol–water partition coefficient (Wildman–Crippen LogP) is 1.13. The van der Waals surface area contributed by atoms with E-state index in [2.05, 4.69) is 16.0 Å². The molecule has 3 amide bonds. The molecule has 1 aromatic rings. The minimum absolute atomic E-state index is 0.0357. The van der Waals surface area contributed by atoms with Crippen LogP contribution < -0.4 is 21.7 Å². The van der Waals surface area contributed by atoms with Gasteiger partial charge in [-0.15, -0.1) is 0 Å². The van der Waals surface area contributed by atoms with Crippen LogP contribution in [0.3, 0.4) is 0 Å². The van der Waals surface area contributed by atoms with Gasteiger partial charge in [0, 0.05) is 18.5 Å². The third-order valence-electron chi connectivity index (χ3n) is 3.87. The Morgan fingerprint density at radius 3 is 2.23 bits per heavy atom. The molecule has 7 nitrogen and oxygen atoms in total. The standard InChI is InChI=1S/C15H22N4O3/c1-22-10-15(6-8-17-9-7-15)13(20)18-11-2-4-12(5-3-11)19-14(16)21/h2-5,17H,6-10H2,1H3,(H,18,20)(H3,16,19,21). The van der Waals surface area contributed by atoms with Crippen molar-refractivity contribution in [2.45, 2.75) is 12.8 Å². The van der Waals surface area contributed by atoms with Gasteiger partial charge in [-0.3, -0.25) is 4.79 Å². The fourth-order valence-corrected chi connectivity index (χ4v) is 2.66.